The Bertz CT molecular complexity index is 974. The molecule has 10 heteroatoms. The summed E-state index contributed by atoms with van der Waals surface area (Å²) in [6, 6.07) is 1.58. The molecule has 5 rings (SSSR count). The van der Waals surface area contributed by atoms with Crippen LogP contribution in [0.4, 0.5) is 30.6 Å². The molecule has 4 heterocycles. The summed E-state index contributed by atoms with van der Waals surface area (Å²) in [5.74, 6) is 1.63. The van der Waals surface area contributed by atoms with E-state index in [0.717, 1.165) is 44.4 Å². The third-order valence-corrected chi connectivity index (χ3v) is 7.49. The molecule has 0 spiro atoms. The van der Waals surface area contributed by atoms with Gasteiger partial charge in [0, 0.05) is 44.0 Å². The van der Waals surface area contributed by atoms with E-state index in [2.05, 4.69) is 30.1 Å². The van der Waals surface area contributed by atoms with Crippen LogP contribution in [0.1, 0.15) is 56.1 Å². The van der Waals surface area contributed by atoms with E-state index in [1.54, 1.807) is 12.4 Å². The van der Waals surface area contributed by atoms with Crippen LogP contribution in [-0.4, -0.2) is 53.8 Å². The normalized spacial score (nSPS) is 22.0. The minimum absolute atomic E-state index is 0.178. The Morgan fingerprint density at radius 1 is 0.914 bits per heavy atom. The molecule has 35 heavy (non-hydrogen) atoms. The lowest BCUT2D eigenvalue weighted by molar-refractivity contribution is -0.137. The van der Waals surface area contributed by atoms with E-state index in [-0.39, 0.29) is 6.54 Å². The van der Waals surface area contributed by atoms with Crippen molar-refractivity contribution in [1.82, 2.24) is 15.0 Å². The first-order valence-corrected chi connectivity index (χ1v) is 12.7. The van der Waals surface area contributed by atoms with Gasteiger partial charge in [-0.15, -0.1) is 0 Å². The monoisotopic (exact) mass is 490 g/mol. The second-order valence-corrected chi connectivity index (χ2v) is 9.72. The number of nitrogens with zero attached hydrogens (tertiary/aromatic N) is 5. The maximum Gasteiger partial charge on any atom is 0.417 e. The molecule has 7 nitrogen and oxygen atoms in total. The molecule has 2 aromatic heterocycles. The van der Waals surface area contributed by atoms with Crippen molar-refractivity contribution in [2.24, 2.45) is 5.92 Å². The van der Waals surface area contributed by atoms with Crippen molar-refractivity contribution in [2.75, 3.05) is 48.0 Å². The zero-order valence-electron chi connectivity index (χ0n) is 19.9. The molecule has 1 atom stereocenters. The van der Waals surface area contributed by atoms with E-state index >= 15 is 0 Å². The Morgan fingerprint density at radius 2 is 1.66 bits per heavy atom. The average molecular weight is 491 g/mol. The SMILES string of the molecule is FC(F)(F)c1cnc(N2CCC[C@@H]2C2CCCCC2)c(CNc2ncc(N3CCOCC3)cn2)c1. The Kier molecular flexibility index (Phi) is 7.27. The quantitative estimate of drug-likeness (QED) is 0.619. The van der Waals surface area contributed by atoms with Crippen molar-refractivity contribution in [3.8, 4) is 0 Å². The lowest BCUT2D eigenvalue weighted by Crippen LogP contribution is -2.38. The summed E-state index contributed by atoms with van der Waals surface area (Å²) in [5, 5.41) is 3.13. The van der Waals surface area contributed by atoms with Gasteiger partial charge in [-0.2, -0.15) is 13.2 Å². The maximum atomic E-state index is 13.5. The molecule has 3 fully saturated rings. The first kappa shape index (κ1) is 24.1. The largest absolute Gasteiger partial charge is 0.417 e. The molecule has 190 valence electrons. The number of pyridine rings is 1. The summed E-state index contributed by atoms with van der Waals surface area (Å²) >= 11 is 0. The first-order chi connectivity index (χ1) is 17.0. The van der Waals surface area contributed by atoms with Gasteiger partial charge in [0.15, 0.2) is 0 Å². The van der Waals surface area contributed by atoms with Crippen molar-refractivity contribution >= 4 is 17.5 Å². The Labute approximate surface area is 204 Å². The number of rotatable bonds is 6. The standard InChI is InChI=1S/C25H33F3N6O/c26-25(27,28)20-13-19(14-30-24-31-16-21(17-32-24)33-9-11-35-12-10-33)23(29-15-20)34-8-4-7-22(34)18-5-2-1-3-6-18/h13,15-18,22H,1-12,14H2,(H,30,31,32)/t22-/m1/s1. The summed E-state index contributed by atoms with van der Waals surface area (Å²) in [6.45, 7) is 3.92. The number of nitrogens with one attached hydrogen (secondary N) is 1. The van der Waals surface area contributed by atoms with Crippen LogP contribution in [-0.2, 0) is 17.5 Å². The topological polar surface area (TPSA) is 66.4 Å². The van der Waals surface area contributed by atoms with Gasteiger partial charge in [-0.25, -0.2) is 15.0 Å². The van der Waals surface area contributed by atoms with E-state index < -0.39 is 11.7 Å². The minimum atomic E-state index is -4.44. The van der Waals surface area contributed by atoms with Crippen LogP contribution in [0.3, 0.4) is 0 Å². The van der Waals surface area contributed by atoms with Gasteiger partial charge in [-0.1, -0.05) is 19.3 Å². The average Bonchev–Trinajstić information content (AvgIpc) is 3.38. The molecule has 0 radical (unpaired) electrons. The third-order valence-electron chi connectivity index (χ3n) is 7.49. The van der Waals surface area contributed by atoms with Gasteiger partial charge in [0.1, 0.15) is 5.82 Å². The summed E-state index contributed by atoms with van der Waals surface area (Å²) in [4.78, 5) is 17.6. The molecule has 0 aromatic carbocycles. The van der Waals surface area contributed by atoms with Gasteiger partial charge in [0.2, 0.25) is 5.95 Å². The number of anilines is 3. The smallest absolute Gasteiger partial charge is 0.378 e. The molecule has 0 bridgehead atoms. The molecule has 2 saturated heterocycles. The van der Waals surface area contributed by atoms with E-state index in [4.69, 9.17) is 4.74 Å². The molecule has 3 aliphatic rings. The Balaban J connectivity index is 1.35. The van der Waals surface area contributed by atoms with E-state index in [9.17, 15) is 13.2 Å². The van der Waals surface area contributed by atoms with Gasteiger partial charge in [0.25, 0.3) is 0 Å². The first-order valence-electron chi connectivity index (χ1n) is 12.7. The fourth-order valence-electron chi connectivity index (χ4n) is 5.68. The number of hydrogen-bond acceptors (Lipinski definition) is 7. The minimum Gasteiger partial charge on any atom is -0.378 e. The van der Waals surface area contributed by atoms with Crippen LogP contribution in [0.25, 0.3) is 0 Å². The number of alkyl halides is 3. The van der Waals surface area contributed by atoms with Crippen molar-refractivity contribution < 1.29 is 17.9 Å². The lowest BCUT2D eigenvalue weighted by atomic mass is 9.83. The van der Waals surface area contributed by atoms with Gasteiger partial charge in [0.05, 0.1) is 36.9 Å². The highest BCUT2D eigenvalue weighted by molar-refractivity contribution is 5.52. The van der Waals surface area contributed by atoms with E-state index in [1.165, 1.54) is 38.2 Å². The lowest BCUT2D eigenvalue weighted by Gasteiger charge is -2.35. The van der Waals surface area contributed by atoms with Crippen LogP contribution in [0, 0.1) is 5.92 Å². The van der Waals surface area contributed by atoms with Crippen molar-refractivity contribution in [3.05, 3.63) is 35.8 Å². The number of halogens is 3. The highest BCUT2D eigenvalue weighted by Gasteiger charge is 2.36. The van der Waals surface area contributed by atoms with Crippen LogP contribution in [0.15, 0.2) is 24.7 Å². The molecular formula is C25H33F3N6O. The zero-order valence-corrected chi connectivity index (χ0v) is 19.9. The van der Waals surface area contributed by atoms with Gasteiger partial charge in [-0.3, -0.25) is 0 Å². The molecule has 1 aliphatic carbocycles. The van der Waals surface area contributed by atoms with Crippen LogP contribution in [0.5, 0.6) is 0 Å². The van der Waals surface area contributed by atoms with Gasteiger partial charge in [-0.05, 0) is 37.7 Å². The Hall–Kier alpha value is -2.62. The number of hydrogen-bond donors (Lipinski definition) is 1. The molecular weight excluding hydrogens is 457 g/mol. The highest BCUT2D eigenvalue weighted by atomic mass is 19.4. The summed E-state index contributed by atoms with van der Waals surface area (Å²) in [7, 11) is 0. The number of ether oxygens (including phenoxy) is 1. The number of aromatic nitrogens is 3. The van der Waals surface area contributed by atoms with Crippen LogP contribution in [0.2, 0.25) is 0 Å². The van der Waals surface area contributed by atoms with Crippen LogP contribution >= 0.6 is 0 Å². The predicted molar refractivity (Wildman–Crippen MR) is 129 cm³/mol. The molecule has 1 N–H and O–H groups in total. The van der Waals surface area contributed by atoms with Crippen LogP contribution < -0.4 is 15.1 Å². The van der Waals surface area contributed by atoms with E-state index in [1.807, 2.05) is 0 Å². The predicted octanol–water partition coefficient (Wildman–Crippen LogP) is 4.89. The van der Waals surface area contributed by atoms with Gasteiger partial charge < -0.3 is 19.9 Å². The van der Waals surface area contributed by atoms with Gasteiger partial charge >= 0.3 is 6.18 Å². The summed E-state index contributed by atoms with van der Waals surface area (Å²) in [5.41, 5.74) is 0.714. The fourth-order valence-corrected chi connectivity index (χ4v) is 5.68. The molecule has 1 saturated carbocycles. The van der Waals surface area contributed by atoms with Crippen molar-refractivity contribution in [3.63, 3.8) is 0 Å². The Morgan fingerprint density at radius 3 is 2.37 bits per heavy atom. The molecule has 2 aliphatic heterocycles. The maximum absolute atomic E-state index is 13.5. The summed E-state index contributed by atoms with van der Waals surface area (Å²) in [6.07, 6.45) is 8.28. The van der Waals surface area contributed by atoms with Crippen molar-refractivity contribution in [2.45, 2.75) is 63.7 Å². The summed E-state index contributed by atoms with van der Waals surface area (Å²) < 4.78 is 45.9. The third kappa shape index (κ3) is 5.63. The second kappa shape index (κ2) is 10.6. The van der Waals surface area contributed by atoms with Crippen molar-refractivity contribution in [1.29, 1.82) is 0 Å². The van der Waals surface area contributed by atoms with E-state index in [0.29, 0.717) is 42.5 Å². The number of morpholine rings is 1. The molecule has 0 unspecified atom stereocenters. The molecule has 2 aromatic rings. The fraction of sp³-hybridized carbons (Fsp3) is 0.640. The highest BCUT2D eigenvalue weighted by Crippen LogP contribution is 2.39. The molecule has 0 amide bonds. The second-order valence-electron chi connectivity index (χ2n) is 9.72. The zero-order chi connectivity index (χ0) is 24.3.